The van der Waals surface area contributed by atoms with Gasteiger partial charge in [0.2, 0.25) is 0 Å². The van der Waals surface area contributed by atoms with Crippen LogP contribution < -0.4 is 9.47 Å². The smallest absolute Gasteiger partial charge is 0.275 e. The number of hydrogen-bond acceptors (Lipinski definition) is 2. The van der Waals surface area contributed by atoms with Gasteiger partial charge in [-0.05, 0) is 28.1 Å². The molecule has 0 N–H and O–H groups in total. The van der Waals surface area contributed by atoms with Crippen LogP contribution in [0.5, 0.6) is 11.5 Å². The number of hydrogen-bond donors (Lipinski definition) is 0. The van der Waals surface area contributed by atoms with Gasteiger partial charge in [-0.25, -0.2) is 0 Å². The van der Waals surface area contributed by atoms with Gasteiger partial charge in [-0.1, -0.05) is 36.4 Å². The second kappa shape index (κ2) is 3.77. The van der Waals surface area contributed by atoms with Crippen molar-refractivity contribution in [3.63, 3.8) is 0 Å². The number of ether oxygens (including phenoxy) is 2. The van der Waals surface area contributed by atoms with Crippen LogP contribution >= 0.6 is 15.9 Å². The summed E-state index contributed by atoms with van der Waals surface area (Å²) in [5, 5.41) is 0. The second-order valence-electron chi connectivity index (χ2n) is 4.08. The van der Waals surface area contributed by atoms with E-state index in [4.69, 9.17) is 9.47 Å². The highest BCUT2D eigenvalue weighted by Crippen LogP contribution is 2.47. The molecule has 0 spiro atoms. The van der Waals surface area contributed by atoms with Crippen LogP contribution in [0, 0.1) is 0 Å². The molecule has 2 nitrogen and oxygen atoms in total. The van der Waals surface area contributed by atoms with Crippen LogP contribution in [-0.4, -0.2) is 0 Å². The first-order valence-corrected chi connectivity index (χ1v) is 6.20. The van der Waals surface area contributed by atoms with E-state index in [1.807, 2.05) is 55.5 Å². The average Bonchev–Trinajstić information content (AvgIpc) is 2.70. The van der Waals surface area contributed by atoms with Crippen molar-refractivity contribution in [3.05, 3.63) is 58.6 Å². The summed E-state index contributed by atoms with van der Waals surface area (Å²) in [6.45, 7) is 1.93. The Morgan fingerprint density at radius 2 is 1.71 bits per heavy atom. The zero-order valence-corrected chi connectivity index (χ0v) is 10.9. The number of fused-ring (bicyclic) bond motifs is 1. The Bertz CT molecular complexity index is 553. The summed E-state index contributed by atoms with van der Waals surface area (Å²) in [7, 11) is 0. The molecule has 1 atom stereocenters. The Balaban J connectivity index is 2.03. The third-order valence-electron chi connectivity index (χ3n) is 2.83. The average molecular weight is 291 g/mol. The van der Waals surface area contributed by atoms with Gasteiger partial charge in [-0.3, -0.25) is 0 Å². The molecule has 86 valence electrons. The molecule has 1 aliphatic rings. The maximum atomic E-state index is 5.94. The van der Waals surface area contributed by atoms with Gasteiger partial charge in [0, 0.05) is 12.5 Å². The predicted molar refractivity (Wildman–Crippen MR) is 69.2 cm³/mol. The molecule has 3 rings (SSSR count). The summed E-state index contributed by atoms with van der Waals surface area (Å²) in [5.74, 6) is 0.789. The van der Waals surface area contributed by atoms with Crippen molar-refractivity contribution < 1.29 is 9.47 Å². The molecule has 0 amide bonds. The summed E-state index contributed by atoms with van der Waals surface area (Å²) in [5.41, 5.74) is 1.00. The number of rotatable bonds is 1. The summed E-state index contributed by atoms with van der Waals surface area (Å²) < 4.78 is 12.8. The third kappa shape index (κ3) is 1.71. The van der Waals surface area contributed by atoms with Crippen LogP contribution in [0.4, 0.5) is 0 Å². The van der Waals surface area contributed by atoms with E-state index in [1.165, 1.54) is 0 Å². The minimum absolute atomic E-state index is 0.743. The number of halogens is 1. The number of benzene rings is 2. The van der Waals surface area contributed by atoms with E-state index in [0.717, 1.165) is 21.5 Å². The molecule has 0 saturated carbocycles. The zero-order valence-electron chi connectivity index (χ0n) is 9.31. The molecule has 1 aliphatic heterocycles. The van der Waals surface area contributed by atoms with Crippen molar-refractivity contribution in [2.24, 2.45) is 0 Å². The number of para-hydroxylation sites is 1. The Kier molecular flexibility index (Phi) is 2.37. The van der Waals surface area contributed by atoms with Gasteiger partial charge in [0.05, 0.1) is 4.47 Å². The quantitative estimate of drug-likeness (QED) is 0.787. The van der Waals surface area contributed by atoms with Crippen molar-refractivity contribution in [2.75, 3.05) is 0 Å². The standard InChI is InChI=1S/C14H11BrO2/c1-14(10-6-3-2-4-7-10)16-12-9-5-8-11(15)13(12)17-14/h2-9H,1H3. The van der Waals surface area contributed by atoms with Crippen molar-refractivity contribution in [3.8, 4) is 11.5 Å². The lowest BCUT2D eigenvalue weighted by Crippen LogP contribution is -2.31. The van der Waals surface area contributed by atoms with Gasteiger partial charge in [0.1, 0.15) is 0 Å². The Labute approximate surface area is 108 Å². The lowest BCUT2D eigenvalue weighted by molar-refractivity contribution is -0.0683. The molecule has 0 fully saturated rings. The highest BCUT2D eigenvalue weighted by atomic mass is 79.9. The van der Waals surface area contributed by atoms with Crippen molar-refractivity contribution in [2.45, 2.75) is 12.7 Å². The van der Waals surface area contributed by atoms with Crippen LogP contribution in [-0.2, 0) is 5.79 Å². The van der Waals surface area contributed by atoms with Crippen LogP contribution in [0.25, 0.3) is 0 Å². The second-order valence-corrected chi connectivity index (χ2v) is 4.94. The molecule has 1 heterocycles. The first-order chi connectivity index (χ1) is 8.19. The van der Waals surface area contributed by atoms with E-state index in [1.54, 1.807) is 0 Å². The summed E-state index contributed by atoms with van der Waals surface area (Å²) in [6.07, 6.45) is 0. The predicted octanol–water partition coefficient (Wildman–Crippen LogP) is 4.09. The zero-order chi connectivity index (χ0) is 11.9. The van der Waals surface area contributed by atoms with E-state index in [2.05, 4.69) is 15.9 Å². The molecule has 2 aromatic carbocycles. The van der Waals surface area contributed by atoms with Crippen LogP contribution in [0.15, 0.2) is 53.0 Å². The minimum atomic E-state index is -0.743. The van der Waals surface area contributed by atoms with Gasteiger partial charge in [-0.2, -0.15) is 0 Å². The molecular weight excluding hydrogens is 280 g/mol. The molecular formula is C14H11BrO2. The van der Waals surface area contributed by atoms with Crippen molar-refractivity contribution in [1.82, 2.24) is 0 Å². The van der Waals surface area contributed by atoms with Crippen LogP contribution in [0.3, 0.4) is 0 Å². The Morgan fingerprint density at radius 3 is 2.41 bits per heavy atom. The maximum Gasteiger partial charge on any atom is 0.275 e. The highest BCUT2D eigenvalue weighted by molar-refractivity contribution is 9.10. The lowest BCUT2D eigenvalue weighted by Gasteiger charge is -2.23. The van der Waals surface area contributed by atoms with E-state index in [9.17, 15) is 0 Å². The van der Waals surface area contributed by atoms with Gasteiger partial charge in [0.25, 0.3) is 5.79 Å². The normalized spacial score (nSPS) is 21.5. The van der Waals surface area contributed by atoms with E-state index in [0.29, 0.717) is 0 Å². The monoisotopic (exact) mass is 290 g/mol. The lowest BCUT2D eigenvalue weighted by atomic mass is 10.1. The van der Waals surface area contributed by atoms with Crippen LogP contribution in [0.2, 0.25) is 0 Å². The summed E-state index contributed by atoms with van der Waals surface area (Å²) in [4.78, 5) is 0. The van der Waals surface area contributed by atoms with Gasteiger partial charge < -0.3 is 9.47 Å². The van der Waals surface area contributed by atoms with Gasteiger partial charge in [-0.15, -0.1) is 0 Å². The summed E-state index contributed by atoms with van der Waals surface area (Å²) in [6, 6.07) is 15.7. The minimum Gasteiger partial charge on any atom is -0.444 e. The topological polar surface area (TPSA) is 18.5 Å². The molecule has 0 aliphatic carbocycles. The van der Waals surface area contributed by atoms with Crippen LogP contribution in [0.1, 0.15) is 12.5 Å². The third-order valence-corrected chi connectivity index (χ3v) is 3.46. The van der Waals surface area contributed by atoms with Gasteiger partial charge >= 0.3 is 0 Å². The first kappa shape index (κ1) is 10.7. The molecule has 2 aromatic rings. The fourth-order valence-corrected chi connectivity index (χ4v) is 2.38. The van der Waals surface area contributed by atoms with E-state index < -0.39 is 5.79 Å². The Morgan fingerprint density at radius 1 is 0.941 bits per heavy atom. The molecule has 0 bridgehead atoms. The Hall–Kier alpha value is -1.48. The van der Waals surface area contributed by atoms with Crippen molar-refractivity contribution >= 4 is 15.9 Å². The molecule has 0 radical (unpaired) electrons. The van der Waals surface area contributed by atoms with Crippen molar-refractivity contribution in [1.29, 1.82) is 0 Å². The molecule has 0 aromatic heterocycles. The largest absolute Gasteiger partial charge is 0.444 e. The molecule has 3 heteroatoms. The molecule has 17 heavy (non-hydrogen) atoms. The van der Waals surface area contributed by atoms with E-state index >= 15 is 0 Å². The molecule has 1 unspecified atom stereocenters. The fourth-order valence-electron chi connectivity index (χ4n) is 1.95. The summed E-state index contributed by atoms with van der Waals surface area (Å²) >= 11 is 3.47. The first-order valence-electron chi connectivity index (χ1n) is 5.41. The fraction of sp³-hybridized carbons (Fsp3) is 0.143. The highest BCUT2D eigenvalue weighted by Gasteiger charge is 2.39. The SMILES string of the molecule is CC1(c2ccccc2)Oc2cccc(Br)c2O1. The molecule has 0 saturated heterocycles. The van der Waals surface area contributed by atoms with Gasteiger partial charge in [0.15, 0.2) is 11.5 Å². The van der Waals surface area contributed by atoms with E-state index in [-0.39, 0.29) is 0 Å². The maximum absolute atomic E-state index is 5.94.